The van der Waals surface area contributed by atoms with Crippen molar-refractivity contribution in [2.24, 2.45) is 0 Å². The minimum Gasteiger partial charge on any atom is -0.545 e. The van der Waals surface area contributed by atoms with Gasteiger partial charge in [0.15, 0.2) is 12.4 Å². The van der Waals surface area contributed by atoms with E-state index >= 15 is 0 Å². The summed E-state index contributed by atoms with van der Waals surface area (Å²) in [4.78, 5) is 37.6. The van der Waals surface area contributed by atoms with Crippen LogP contribution in [0.15, 0.2) is 97.2 Å². The highest BCUT2D eigenvalue weighted by molar-refractivity contribution is 5.70. The van der Waals surface area contributed by atoms with E-state index in [1.54, 1.807) is 0 Å². The van der Waals surface area contributed by atoms with E-state index < -0.39 is 24.3 Å². The number of carboxylic acids is 1. The first-order valence-corrected chi connectivity index (χ1v) is 37.4. The Balaban J connectivity index is 4.07. The quantitative estimate of drug-likeness (QED) is 0.0195. The zero-order valence-corrected chi connectivity index (χ0v) is 58.8. The van der Waals surface area contributed by atoms with Gasteiger partial charge in [-0.15, -0.1) is 0 Å². The Morgan fingerprint density at radius 3 is 0.955 bits per heavy atom. The molecule has 0 aromatic carbocycles. The fourth-order valence-corrected chi connectivity index (χ4v) is 10.6. The minimum absolute atomic E-state index is 0.145. The highest BCUT2D eigenvalue weighted by atomic mass is 16.7. The Labute approximate surface area is 550 Å². The maximum atomic E-state index is 13.0. The number of carbonyl (C=O) groups excluding carboxylic acids is 3. The fraction of sp³-hybridized carbons (Fsp3) is 0.762. The highest BCUT2D eigenvalue weighted by Gasteiger charge is 2.22. The van der Waals surface area contributed by atoms with Gasteiger partial charge in [-0.25, -0.2) is 0 Å². The van der Waals surface area contributed by atoms with E-state index in [2.05, 4.69) is 111 Å². The number of allylic oxidation sites excluding steroid dienone is 16. The molecule has 0 fully saturated rings. The number of hydrogen-bond acceptors (Lipinski definition) is 8. The zero-order valence-electron chi connectivity index (χ0n) is 58.8. The molecular formula is C80H141NO8. The third kappa shape index (κ3) is 71.5. The summed E-state index contributed by atoms with van der Waals surface area (Å²) < 4.78 is 22.8. The molecule has 0 spiro atoms. The Bertz CT molecular complexity index is 1790. The number of ether oxygens (including phenoxy) is 4. The Kier molecular flexibility index (Phi) is 67.1. The maximum Gasteiger partial charge on any atom is 0.306 e. The number of carbonyl (C=O) groups is 3. The number of likely N-dealkylation sites (N-methyl/N-ethyl adjacent to an activating group) is 1. The maximum absolute atomic E-state index is 13.0. The summed E-state index contributed by atoms with van der Waals surface area (Å²) in [5.41, 5.74) is 0. The molecule has 2 unspecified atom stereocenters. The third-order valence-electron chi connectivity index (χ3n) is 16.3. The van der Waals surface area contributed by atoms with Crippen molar-refractivity contribution in [3.05, 3.63) is 97.2 Å². The van der Waals surface area contributed by atoms with Gasteiger partial charge < -0.3 is 33.3 Å². The minimum atomic E-state index is -1.63. The first-order chi connectivity index (χ1) is 43.6. The number of nitrogens with zero attached hydrogens (tertiary/aromatic N) is 1. The van der Waals surface area contributed by atoms with Crippen molar-refractivity contribution in [1.82, 2.24) is 0 Å². The molecule has 0 aromatic rings. The van der Waals surface area contributed by atoms with Crippen molar-refractivity contribution in [3.63, 3.8) is 0 Å². The molecule has 0 radical (unpaired) electrons. The van der Waals surface area contributed by atoms with Crippen LogP contribution in [0.1, 0.15) is 335 Å². The summed E-state index contributed by atoms with van der Waals surface area (Å²) >= 11 is 0. The molecule has 89 heavy (non-hydrogen) atoms. The first-order valence-electron chi connectivity index (χ1n) is 37.4. The molecule has 0 amide bonds. The number of unbranched alkanes of at least 4 members (excludes halogenated alkanes) is 38. The second kappa shape index (κ2) is 70.1. The molecular weight excluding hydrogens is 1100 g/mol. The van der Waals surface area contributed by atoms with Gasteiger partial charge in [0.2, 0.25) is 0 Å². The fourth-order valence-electron chi connectivity index (χ4n) is 10.6. The summed E-state index contributed by atoms with van der Waals surface area (Å²) in [6, 6.07) is 0. The first kappa shape index (κ1) is 85.2. The van der Waals surface area contributed by atoms with Gasteiger partial charge in [-0.1, -0.05) is 323 Å². The van der Waals surface area contributed by atoms with Crippen LogP contribution < -0.4 is 5.11 Å². The summed E-state index contributed by atoms with van der Waals surface area (Å²) in [5, 5.41) is 11.8. The molecule has 0 aliphatic heterocycles. The number of carboxylic acid groups (broad SMARTS) is 1. The molecule has 2 atom stereocenters. The van der Waals surface area contributed by atoms with Crippen molar-refractivity contribution in [1.29, 1.82) is 0 Å². The summed E-state index contributed by atoms with van der Waals surface area (Å²) in [7, 11) is 5.94. The second-order valence-electron chi connectivity index (χ2n) is 26.2. The molecule has 0 aromatic heterocycles. The van der Waals surface area contributed by atoms with Gasteiger partial charge in [-0.2, -0.15) is 0 Å². The molecule has 9 nitrogen and oxygen atoms in total. The van der Waals surface area contributed by atoms with E-state index in [1.165, 1.54) is 218 Å². The standard InChI is InChI=1S/C80H141NO8/c1-6-8-10-12-14-16-18-20-22-24-26-28-30-32-34-36-38-39-41-42-44-46-48-50-52-54-56-58-60-62-64-66-68-70-77(82)87-74-76(75-88-80(79(84)85)86-73-72-81(3,4)5)89-78(83)71-69-67-65-63-61-59-57-55-53-51-49-47-45-43-40-37-35-33-31-29-27-25-23-21-19-17-15-13-11-9-7-2/h9,11,15,17-18,20-21,23-24,26-27,29,33,35,40,43,76,80H,6-8,10,12-14,16,19,22,25,28,30-32,34,36-39,41-42,44-75H2,1-5H3/b11-9-,17-15-,20-18-,23-21-,26-24-,29-27-,35-33-,43-40-. The Morgan fingerprint density at radius 2 is 0.640 bits per heavy atom. The van der Waals surface area contributed by atoms with Crippen LogP contribution in [0, 0.1) is 0 Å². The van der Waals surface area contributed by atoms with Crippen molar-refractivity contribution < 1.29 is 42.9 Å². The van der Waals surface area contributed by atoms with Crippen LogP contribution >= 0.6 is 0 Å². The van der Waals surface area contributed by atoms with Gasteiger partial charge in [0.25, 0.3) is 0 Å². The number of aliphatic carboxylic acids is 1. The van der Waals surface area contributed by atoms with Gasteiger partial charge in [0.05, 0.1) is 40.3 Å². The number of quaternary nitrogens is 1. The summed E-state index contributed by atoms with van der Waals surface area (Å²) in [6.07, 6.45) is 93.6. The number of hydrogen-bond donors (Lipinski definition) is 0. The highest BCUT2D eigenvalue weighted by Crippen LogP contribution is 2.18. The average Bonchev–Trinajstić information content (AvgIpc) is 3.64. The molecule has 9 heteroatoms. The normalized spacial score (nSPS) is 13.2. The number of esters is 2. The third-order valence-corrected chi connectivity index (χ3v) is 16.3. The zero-order chi connectivity index (χ0) is 64.7. The van der Waals surface area contributed by atoms with Crippen molar-refractivity contribution in [2.75, 3.05) is 47.5 Å². The Morgan fingerprint density at radius 1 is 0.348 bits per heavy atom. The van der Waals surface area contributed by atoms with E-state index in [-0.39, 0.29) is 32.2 Å². The van der Waals surface area contributed by atoms with Crippen molar-refractivity contribution >= 4 is 17.9 Å². The van der Waals surface area contributed by atoms with Crippen molar-refractivity contribution in [2.45, 2.75) is 347 Å². The average molecular weight is 1250 g/mol. The van der Waals surface area contributed by atoms with Crippen LogP contribution in [0.4, 0.5) is 0 Å². The van der Waals surface area contributed by atoms with Crippen LogP contribution in [0.3, 0.4) is 0 Å². The van der Waals surface area contributed by atoms with Crippen LogP contribution in [0.2, 0.25) is 0 Å². The van der Waals surface area contributed by atoms with Gasteiger partial charge >= 0.3 is 11.9 Å². The van der Waals surface area contributed by atoms with E-state index in [1.807, 2.05) is 21.1 Å². The lowest BCUT2D eigenvalue weighted by molar-refractivity contribution is -0.870. The van der Waals surface area contributed by atoms with E-state index in [0.29, 0.717) is 23.9 Å². The molecule has 514 valence electrons. The SMILES string of the molecule is CC/C=C\C/C=C\C/C=C\C/C=C\C/C=C\C/C=C\CCCCCCCCCCCCCCC(=O)OC(COC(=O)CCCCCCCCCCCCCCCCCCCCCCC/C=C\C/C=C\CCCCCCC)COC(OCC[N+](C)(C)C)C(=O)[O-]. The lowest BCUT2D eigenvalue weighted by Crippen LogP contribution is -2.44. The second-order valence-corrected chi connectivity index (χ2v) is 26.2. The molecule has 0 rings (SSSR count). The summed E-state index contributed by atoms with van der Waals surface area (Å²) in [6.45, 7) is 4.66. The lowest BCUT2D eigenvalue weighted by atomic mass is 10.0. The molecule has 0 bridgehead atoms. The predicted molar refractivity (Wildman–Crippen MR) is 380 cm³/mol. The molecule has 0 aliphatic rings. The van der Waals surface area contributed by atoms with Gasteiger partial charge in [-0.05, 0) is 96.3 Å². The summed E-state index contributed by atoms with van der Waals surface area (Å²) in [5.74, 6) is -2.27. The molecule has 0 N–H and O–H groups in total. The van der Waals surface area contributed by atoms with Crippen LogP contribution in [0.5, 0.6) is 0 Å². The lowest BCUT2D eigenvalue weighted by Gasteiger charge is -2.26. The van der Waals surface area contributed by atoms with Crippen LogP contribution in [0.25, 0.3) is 0 Å². The molecule has 0 heterocycles. The van der Waals surface area contributed by atoms with E-state index in [4.69, 9.17) is 18.9 Å². The molecule has 0 saturated heterocycles. The monoisotopic (exact) mass is 1240 g/mol. The van der Waals surface area contributed by atoms with Crippen LogP contribution in [-0.2, 0) is 33.3 Å². The van der Waals surface area contributed by atoms with Gasteiger partial charge in [0.1, 0.15) is 13.2 Å². The number of rotatable bonds is 69. The largest absolute Gasteiger partial charge is 0.545 e. The topological polar surface area (TPSA) is 111 Å². The van der Waals surface area contributed by atoms with E-state index in [0.717, 1.165) is 83.5 Å². The van der Waals surface area contributed by atoms with Crippen LogP contribution in [-0.4, -0.2) is 82.3 Å². The Hall–Kier alpha value is -3.79. The van der Waals surface area contributed by atoms with Gasteiger partial charge in [0, 0.05) is 12.8 Å². The molecule has 0 saturated carbocycles. The van der Waals surface area contributed by atoms with E-state index in [9.17, 15) is 19.5 Å². The predicted octanol–water partition coefficient (Wildman–Crippen LogP) is 22.3. The van der Waals surface area contributed by atoms with Gasteiger partial charge in [-0.3, -0.25) is 9.59 Å². The smallest absolute Gasteiger partial charge is 0.306 e. The molecule has 0 aliphatic carbocycles. The van der Waals surface area contributed by atoms with Crippen molar-refractivity contribution in [3.8, 4) is 0 Å².